The molecule has 1 amide bonds. The number of carboxylic acid groups (broad SMARTS) is 1. The van der Waals surface area contributed by atoms with Gasteiger partial charge in [-0.2, -0.15) is 13.2 Å². The molecule has 0 atom stereocenters. The van der Waals surface area contributed by atoms with Crippen LogP contribution >= 0.6 is 23.2 Å². The molecule has 4 rings (SSSR count). The SMILES string of the molecule is Cc1cc(C(F)(F)F)cc2c1cc(Cc1c(Cl)ccc(C(=O)N[C@H]3CC[C@H](C(=O)O)CC3)c1Cl)n2C. The van der Waals surface area contributed by atoms with Crippen molar-refractivity contribution in [1.29, 1.82) is 0 Å². The maximum atomic E-state index is 13.3. The largest absolute Gasteiger partial charge is 0.481 e. The van der Waals surface area contributed by atoms with E-state index in [1.54, 1.807) is 24.6 Å². The molecule has 5 nitrogen and oxygen atoms in total. The standard InChI is InChI=1S/C26H25Cl2F3N2O3/c1-13-9-15(26(29,30)31)10-22-19(13)11-17(33(22)2)12-20-21(27)8-7-18(23(20)28)24(34)32-16-5-3-14(4-6-16)25(35)36/h7-11,14,16H,3-6,12H2,1-2H3,(H,32,34)(H,35,36)/t14-,16-. The summed E-state index contributed by atoms with van der Waals surface area (Å²) in [6.07, 6.45) is -2.11. The van der Waals surface area contributed by atoms with Crippen LogP contribution in [0, 0.1) is 12.8 Å². The highest BCUT2D eigenvalue weighted by molar-refractivity contribution is 6.38. The molecule has 1 aliphatic carbocycles. The Morgan fingerprint density at radius 1 is 1.11 bits per heavy atom. The lowest BCUT2D eigenvalue weighted by molar-refractivity contribution is -0.143. The number of carbonyl (C=O) groups is 2. The Bertz CT molecular complexity index is 1340. The molecule has 1 saturated carbocycles. The van der Waals surface area contributed by atoms with Crippen LogP contribution in [0.3, 0.4) is 0 Å². The second kappa shape index (κ2) is 9.98. The molecule has 0 aliphatic heterocycles. The highest BCUT2D eigenvalue weighted by Crippen LogP contribution is 2.36. The molecule has 2 aromatic carbocycles. The maximum absolute atomic E-state index is 13.3. The fourth-order valence-corrected chi connectivity index (χ4v) is 5.45. The molecule has 36 heavy (non-hydrogen) atoms. The molecular formula is C26H25Cl2F3N2O3. The van der Waals surface area contributed by atoms with Gasteiger partial charge in [-0.15, -0.1) is 0 Å². The molecule has 0 unspecified atom stereocenters. The first-order valence-corrected chi connectivity index (χ1v) is 12.3. The number of nitrogens with one attached hydrogen (secondary N) is 1. The summed E-state index contributed by atoms with van der Waals surface area (Å²) >= 11 is 13.1. The number of aromatic nitrogens is 1. The first-order valence-electron chi connectivity index (χ1n) is 11.5. The number of aryl methyl sites for hydroxylation is 2. The number of halogens is 5. The number of nitrogens with zero attached hydrogens (tertiary/aromatic N) is 1. The van der Waals surface area contributed by atoms with Crippen molar-refractivity contribution in [2.24, 2.45) is 13.0 Å². The van der Waals surface area contributed by atoms with Crippen molar-refractivity contribution in [2.45, 2.75) is 51.2 Å². The zero-order chi connectivity index (χ0) is 26.4. The topological polar surface area (TPSA) is 71.3 Å². The fraction of sp³-hybridized carbons (Fsp3) is 0.385. The third kappa shape index (κ3) is 5.20. The number of alkyl halides is 3. The summed E-state index contributed by atoms with van der Waals surface area (Å²) < 4.78 is 41.6. The van der Waals surface area contributed by atoms with Gasteiger partial charge in [0.2, 0.25) is 0 Å². The Labute approximate surface area is 216 Å². The van der Waals surface area contributed by atoms with Crippen LogP contribution in [0.15, 0.2) is 30.3 Å². The van der Waals surface area contributed by atoms with Crippen LogP contribution in [-0.4, -0.2) is 27.6 Å². The van der Waals surface area contributed by atoms with Gasteiger partial charge in [0.05, 0.1) is 22.1 Å². The van der Waals surface area contributed by atoms with Crippen molar-refractivity contribution in [3.63, 3.8) is 0 Å². The molecule has 0 radical (unpaired) electrons. The van der Waals surface area contributed by atoms with Gasteiger partial charge in [0.15, 0.2) is 0 Å². The van der Waals surface area contributed by atoms with Gasteiger partial charge in [-0.3, -0.25) is 9.59 Å². The molecular weight excluding hydrogens is 516 g/mol. The number of hydrogen-bond donors (Lipinski definition) is 2. The van der Waals surface area contributed by atoms with Crippen LogP contribution in [0.25, 0.3) is 10.9 Å². The summed E-state index contributed by atoms with van der Waals surface area (Å²) in [5.74, 6) is -1.58. The zero-order valence-corrected chi connectivity index (χ0v) is 21.2. The smallest absolute Gasteiger partial charge is 0.416 e. The first-order chi connectivity index (χ1) is 16.9. The monoisotopic (exact) mass is 540 g/mol. The van der Waals surface area contributed by atoms with Gasteiger partial charge >= 0.3 is 12.1 Å². The molecule has 2 N–H and O–H groups in total. The van der Waals surface area contributed by atoms with E-state index in [0.717, 1.165) is 12.1 Å². The molecule has 10 heteroatoms. The predicted molar refractivity (Wildman–Crippen MR) is 133 cm³/mol. The number of benzene rings is 2. The minimum absolute atomic E-state index is 0.146. The van der Waals surface area contributed by atoms with E-state index >= 15 is 0 Å². The molecule has 1 heterocycles. The molecule has 1 aromatic heterocycles. The third-order valence-electron chi connectivity index (χ3n) is 7.00. The van der Waals surface area contributed by atoms with E-state index in [1.165, 1.54) is 6.07 Å². The summed E-state index contributed by atoms with van der Waals surface area (Å²) in [6, 6.07) is 7.03. The average Bonchev–Trinajstić information content (AvgIpc) is 3.12. The first kappa shape index (κ1) is 26.4. The molecule has 1 aliphatic rings. The molecule has 0 bridgehead atoms. The number of hydrogen-bond acceptors (Lipinski definition) is 2. The van der Waals surface area contributed by atoms with Crippen molar-refractivity contribution in [3.8, 4) is 0 Å². The van der Waals surface area contributed by atoms with E-state index in [-0.39, 0.29) is 34.9 Å². The third-order valence-corrected chi connectivity index (χ3v) is 7.78. The van der Waals surface area contributed by atoms with E-state index in [2.05, 4.69) is 5.32 Å². The second-order valence-corrected chi connectivity index (χ2v) is 10.1. The summed E-state index contributed by atoms with van der Waals surface area (Å²) in [7, 11) is 1.68. The van der Waals surface area contributed by atoms with Crippen LogP contribution in [-0.2, 0) is 24.4 Å². The number of fused-ring (bicyclic) bond motifs is 1. The number of rotatable bonds is 5. The van der Waals surface area contributed by atoms with Crippen molar-refractivity contribution in [3.05, 3.63) is 68.3 Å². The van der Waals surface area contributed by atoms with Crippen LogP contribution in [0.5, 0.6) is 0 Å². The summed E-state index contributed by atoms with van der Waals surface area (Å²) in [5, 5.41) is 13.3. The Balaban J connectivity index is 1.60. The molecule has 0 saturated heterocycles. The van der Waals surface area contributed by atoms with Crippen molar-refractivity contribution in [1.82, 2.24) is 9.88 Å². The minimum atomic E-state index is -4.45. The zero-order valence-electron chi connectivity index (χ0n) is 19.7. The summed E-state index contributed by atoms with van der Waals surface area (Å²) in [4.78, 5) is 24.1. The van der Waals surface area contributed by atoms with E-state index in [9.17, 15) is 22.8 Å². The van der Waals surface area contributed by atoms with E-state index in [1.807, 2.05) is 6.07 Å². The number of aliphatic carboxylic acids is 1. The number of carbonyl (C=O) groups excluding carboxylic acids is 1. The van der Waals surface area contributed by atoms with Gasteiger partial charge in [0.1, 0.15) is 0 Å². The number of amides is 1. The van der Waals surface area contributed by atoms with Gasteiger partial charge in [-0.05, 0) is 74.1 Å². The van der Waals surface area contributed by atoms with Gasteiger partial charge in [0.25, 0.3) is 5.91 Å². The normalized spacial score (nSPS) is 18.4. The fourth-order valence-electron chi connectivity index (χ4n) is 4.86. The van der Waals surface area contributed by atoms with E-state index in [0.29, 0.717) is 58.4 Å². The second-order valence-electron chi connectivity index (χ2n) is 9.34. The van der Waals surface area contributed by atoms with Crippen LogP contribution in [0.1, 0.15) is 58.4 Å². The Kier molecular flexibility index (Phi) is 7.30. The van der Waals surface area contributed by atoms with Gasteiger partial charge in [-0.25, -0.2) is 0 Å². The van der Waals surface area contributed by atoms with Gasteiger partial charge in [0, 0.05) is 41.1 Å². The average molecular weight is 541 g/mol. The highest BCUT2D eigenvalue weighted by Gasteiger charge is 2.32. The molecule has 192 valence electrons. The van der Waals surface area contributed by atoms with Gasteiger partial charge < -0.3 is 15.0 Å². The van der Waals surface area contributed by atoms with Crippen LogP contribution < -0.4 is 5.32 Å². The van der Waals surface area contributed by atoms with Crippen LogP contribution in [0.2, 0.25) is 10.0 Å². The van der Waals surface area contributed by atoms with Crippen LogP contribution in [0.4, 0.5) is 13.2 Å². The summed E-state index contributed by atoms with van der Waals surface area (Å²) in [6.45, 7) is 1.64. The maximum Gasteiger partial charge on any atom is 0.416 e. The lowest BCUT2D eigenvalue weighted by Crippen LogP contribution is -2.38. The Morgan fingerprint density at radius 2 is 1.78 bits per heavy atom. The van der Waals surface area contributed by atoms with E-state index < -0.39 is 17.7 Å². The van der Waals surface area contributed by atoms with Gasteiger partial charge in [-0.1, -0.05) is 23.2 Å². The Hall–Kier alpha value is -2.71. The predicted octanol–water partition coefficient (Wildman–Crippen LogP) is 6.78. The van der Waals surface area contributed by atoms with Crippen molar-refractivity contribution < 1.29 is 27.9 Å². The molecule has 3 aromatic rings. The summed E-state index contributed by atoms with van der Waals surface area (Å²) in [5.41, 5.74) is 1.67. The highest BCUT2D eigenvalue weighted by atomic mass is 35.5. The molecule has 1 fully saturated rings. The lowest BCUT2D eigenvalue weighted by atomic mass is 9.86. The van der Waals surface area contributed by atoms with E-state index in [4.69, 9.17) is 28.3 Å². The lowest BCUT2D eigenvalue weighted by Gasteiger charge is -2.27. The quantitative estimate of drug-likeness (QED) is 0.374. The Morgan fingerprint density at radius 3 is 2.39 bits per heavy atom. The van der Waals surface area contributed by atoms with Crippen molar-refractivity contribution in [2.75, 3.05) is 0 Å². The van der Waals surface area contributed by atoms with Crippen molar-refractivity contribution >= 4 is 46.0 Å². The molecule has 0 spiro atoms. The number of carboxylic acids is 1. The minimum Gasteiger partial charge on any atom is -0.481 e.